The van der Waals surface area contributed by atoms with Crippen LogP contribution in [-0.4, -0.2) is 11.5 Å². The number of benzene rings is 1. The molecule has 1 unspecified atom stereocenters. The molecule has 2 aliphatic rings. The predicted molar refractivity (Wildman–Crippen MR) is 95.8 cm³/mol. The fourth-order valence-electron chi connectivity index (χ4n) is 3.93. The lowest BCUT2D eigenvalue weighted by Gasteiger charge is -2.37. The fraction of sp³-hybridized carbons (Fsp3) is 0.476. The van der Waals surface area contributed by atoms with E-state index in [1.165, 1.54) is 5.56 Å². The van der Waals surface area contributed by atoms with E-state index in [1.54, 1.807) is 0 Å². The van der Waals surface area contributed by atoms with E-state index >= 15 is 0 Å². The Bertz CT molecular complexity index is 775. The maximum atomic E-state index is 12.9. The average Bonchev–Trinajstić information content (AvgIpc) is 2.52. The summed E-state index contributed by atoms with van der Waals surface area (Å²) in [6.07, 6.45) is 2.31. The molecular weight excluding hydrogens is 296 g/mol. The number of aryl methyl sites for hydroxylation is 1. The number of nitrogens with zero attached hydrogens (tertiary/aromatic N) is 2. The van der Waals surface area contributed by atoms with Gasteiger partial charge in [0, 0.05) is 29.3 Å². The number of aliphatic imine (C=N–C) groups is 1. The molecule has 2 atom stereocenters. The minimum atomic E-state index is -0.360. The minimum absolute atomic E-state index is 0.0597. The van der Waals surface area contributed by atoms with Crippen molar-refractivity contribution in [2.75, 3.05) is 0 Å². The molecule has 0 spiro atoms. The summed E-state index contributed by atoms with van der Waals surface area (Å²) >= 11 is 0. The van der Waals surface area contributed by atoms with Crippen LogP contribution >= 0.6 is 0 Å². The Labute approximate surface area is 144 Å². The molecule has 3 heteroatoms. The van der Waals surface area contributed by atoms with Crippen LogP contribution in [-0.2, 0) is 11.2 Å². The van der Waals surface area contributed by atoms with E-state index in [2.05, 4.69) is 56.1 Å². The van der Waals surface area contributed by atoms with Crippen molar-refractivity contribution in [3.63, 3.8) is 0 Å². The molecule has 24 heavy (non-hydrogen) atoms. The van der Waals surface area contributed by atoms with Gasteiger partial charge in [0.25, 0.3) is 0 Å². The van der Waals surface area contributed by atoms with Gasteiger partial charge in [0.1, 0.15) is 0 Å². The number of hydrogen-bond donors (Lipinski definition) is 0. The summed E-state index contributed by atoms with van der Waals surface area (Å²) in [7, 11) is 0. The minimum Gasteiger partial charge on any atom is -0.294 e. The van der Waals surface area contributed by atoms with Crippen LogP contribution in [0.3, 0.4) is 0 Å². The summed E-state index contributed by atoms with van der Waals surface area (Å²) in [5, 5.41) is 9.71. The van der Waals surface area contributed by atoms with Crippen molar-refractivity contribution in [1.82, 2.24) is 0 Å². The van der Waals surface area contributed by atoms with Gasteiger partial charge in [-0.25, -0.2) is 0 Å². The third-order valence-electron chi connectivity index (χ3n) is 5.19. The molecule has 0 saturated carbocycles. The van der Waals surface area contributed by atoms with Crippen LogP contribution in [0.15, 0.2) is 40.5 Å². The average molecular weight is 320 g/mol. The lowest BCUT2D eigenvalue weighted by Crippen LogP contribution is -2.35. The Morgan fingerprint density at radius 2 is 1.92 bits per heavy atom. The third kappa shape index (κ3) is 2.82. The second-order valence-electron chi connectivity index (χ2n) is 7.73. The number of ketones is 1. The third-order valence-corrected chi connectivity index (χ3v) is 5.19. The first-order chi connectivity index (χ1) is 11.4. The maximum Gasteiger partial charge on any atom is 0.161 e. The molecule has 0 amide bonds. The highest BCUT2D eigenvalue weighted by atomic mass is 16.1. The van der Waals surface area contributed by atoms with Crippen molar-refractivity contribution >= 4 is 11.5 Å². The number of rotatable bonds is 2. The molecule has 1 aromatic carbocycles. The van der Waals surface area contributed by atoms with Crippen LogP contribution in [0, 0.1) is 22.7 Å². The summed E-state index contributed by atoms with van der Waals surface area (Å²) in [5.74, 6) is -0.388. The van der Waals surface area contributed by atoms with Gasteiger partial charge in [-0.3, -0.25) is 9.79 Å². The Balaban J connectivity index is 2.13. The zero-order valence-corrected chi connectivity index (χ0v) is 14.9. The summed E-state index contributed by atoms with van der Waals surface area (Å²) in [5.41, 5.74) is 4.75. The molecule has 124 valence electrons. The van der Waals surface area contributed by atoms with Crippen LogP contribution in [0.5, 0.6) is 0 Å². The van der Waals surface area contributed by atoms with Crippen molar-refractivity contribution in [2.45, 2.75) is 52.9 Å². The first-order valence-corrected chi connectivity index (χ1v) is 8.66. The van der Waals surface area contributed by atoms with E-state index in [1.807, 2.05) is 6.92 Å². The summed E-state index contributed by atoms with van der Waals surface area (Å²) in [6.45, 7) is 8.26. The Hall–Kier alpha value is -2.21. The van der Waals surface area contributed by atoms with E-state index < -0.39 is 0 Å². The van der Waals surface area contributed by atoms with E-state index in [0.29, 0.717) is 6.42 Å². The van der Waals surface area contributed by atoms with E-state index in [4.69, 9.17) is 0 Å². The molecular formula is C21H24N2O. The fourth-order valence-corrected chi connectivity index (χ4v) is 3.93. The highest BCUT2D eigenvalue weighted by molar-refractivity contribution is 6.03. The number of hydrogen-bond acceptors (Lipinski definition) is 3. The van der Waals surface area contributed by atoms with Crippen LogP contribution in [0.25, 0.3) is 0 Å². The molecule has 0 radical (unpaired) electrons. The lowest BCUT2D eigenvalue weighted by atomic mass is 9.67. The van der Waals surface area contributed by atoms with Gasteiger partial charge in [-0.2, -0.15) is 5.26 Å². The topological polar surface area (TPSA) is 53.2 Å². The second-order valence-corrected chi connectivity index (χ2v) is 7.73. The zero-order chi connectivity index (χ0) is 17.5. The van der Waals surface area contributed by atoms with E-state index in [0.717, 1.165) is 35.4 Å². The number of carbonyl (C=O) groups is 1. The summed E-state index contributed by atoms with van der Waals surface area (Å²) in [6, 6.07) is 10.7. The Morgan fingerprint density at radius 3 is 2.50 bits per heavy atom. The molecule has 3 rings (SSSR count). The molecule has 1 heterocycles. The van der Waals surface area contributed by atoms with Gasteiger partial charge in [0.2, 0.25) is 0 Å². The SMILES string of the molecule is CCc1ccc([C@H]2C3=C(CC(C)(C)CC3=O)N=C(C)C2C#N)cc1. The van der Waals surface area contributed by atoms with Crippen LogP contribution in [0.4, 0.5) is 0 Å². The zero-order valence-electron chi connectivity index (χ0n) is 14.9. The van der Waals surface area contributed by atoms with Crippen molar-refractivity contribution in [3.8, 4) is 6.07 Å². The number of carbonyl (C=O) groups excluding carboxylic acids is 1. The maximum absolute atomic E-state index is 12.9. The number of Topliss-reactive ketones (excluding diaryl/α,β-unsaturated/α-hetero) is 1. The largest absolute Gasteiger partial charge is 0.294 e. The molecule has 0 fully saturated rings. The van der Waals surface area contributed by atoms with Gasteiger partial charge in [0.15, 0.2) is 5.78 Å². The molecule has 0 saturated heterocycles. The second kappa shape index (κ2) is 6.02. The normalized spacial score (nSPS) is 25.8. The molecule has 0 N–H and O–H groups in total. The van der Waals surface area contributed by atoms with Crippen molar-refractivity contribution in [1.29, 1.82) is 5.26 Å². The number of allylic oxidation sites excluding steroid dienone is 2. The van der Waals surface area contributed by atoms with Gasteiger partial charge >= 0.3 is 0 Å². The first kappa shape index (κ1) is 16.6. The molecule has 0 aromatic heterocycles. The van der Waals surface area contributed by atoms with Crippen molar-refractivity contribution in [2.24, 2.45) is 16.3 Å². The molecule has 1 aliphatic carbocycles. The predicted octanol–water partition coefficient (Wildman–Crippen LogP) is 4.59. The Kier molecular flexibility index (Phi) is 4.17. The summed E-state index contributed by atoms with van der Waals surface area (Å²) < 4.78 is 0. The molecule has 1 aliphatic heterocycles. The Morgan fingerprint density at radius 1 is 1.25 bits per heavy atom. The highest BCUT2D eigenvalue weighted by Gasteiger charge is 2.42. The monoisotopic (exact) mass is 320 g/mol. The number of nitriles is 1. The van der Waals surface area contributed by atoms with Crippen molar-refractivity contribution in [3.05, 3.63) is 46.7 Å². The van der Waals surface area contributed by atoms with Crippen LogP contribution in [0.2, 0.25) is 0 Å². The summed E-state index contributed by atoms with van der Waals surface area (Å²) in [4.78, 5) is 17.5. The molecule has 3 nitrogen and oxygen atoms in total. The van der Waals surface area contributed by atoms with Gasteiger partial charge in [0.05, 0.1) is 12.0 Å². The van der Waals surface area contributed by atoms with Gasteiger partial charge < -0.3 is 0 Å². The lowest BCUT2D eigenvalue weighted by molar-refractivity contribution is -0.118. The van der Waals surface area contributed by atoms with Crippen LogP contribution in [0.1, 0.15) is 57.6 Å². The van der Waals surface area contributed by atoms with Crippen LogP contribution < -0.4 is 0 Å². The standard InChI is InChI=1S/C21H24N2O/c1-5-14-6-8-15(9-7-14)19-16(12-22)13(2)23-17-10-21(3,4)11-18(24)20(17)19/h6-9,16,19H,5,10-11H2,1-4H3/t16?,19-/m1/s1. The highest BCUT2D eigenvalue weighted by Crippen LogP contribution is 2.47. The van der Waals surface area contributed by atoms with E-state index in [-0.39, 0.29) is 23.0 Å². The van der Waals surface area contributed by atoms with Gasteiger partial charge in [-0.05, 0) is 36.3 Å². The first-order valence-electron chi connectivity index (χ1n) is 8.66. The molecule has 1 aromatic rings. The molecule has 0 bridgehead atoms. The smallest absolute Gasteiger partial charge is 0.161 e. The van der Waals surface area contributed by atoms with E-state index in [9.17, 15) is 10.1 Å². The van der Waals surface area contributed by atoms with Gasteiger partial charge in [-0.1, -0.05) is 45.0 Å². The quantitative estimate of drug-likeness (QED) is 0.800. The van der Waals surface area contributed by atoms with Gasteiger partial charge in [-0.15, -0.1) is 0 Å². The van der Waals surface area contributed by atoms with Crippen molar-refractivity contribution < 1.29 is 4.79 Å².